The Bertz CT molecular complexity index is 1050. The molecule has 0 aliphatic carbocycles. The van der Waals surface area contributed by atoms with Gasteiger partial charge in [-0.3, -0.25) is 4.90 Å². The molecule has 2 aliphatic rings. The molecule has 8 nitrogen and oxygen atoms in total. The summed E-state index contributed by atoms with van der Waals surface area (Å²) in [5.74, 6) is -1.03. The van der Waals surface area contributed by atoms with Gasteiger partial charge in [0.2, 0.25) is 0 Å². The van der Waals surface area contributed by atoms with Gasteiger partial charge in [-0.2, -0.15) is 0 Å². The van der Waals surface area contributed by atoms with Crippen LogP contribution in [0.1, 0.15) is 5.56 Å². The fourth-order valence-corrected chi connectivity index (χ4v) is 4.83. The minimum atomic E-state index is -4.01. The number of hydrogen-bond donors (Lipinski definition) is 3. The molecule has 29 heavy (non-hydrogen) atoms. The lowest BCUT2D eigenvalue weighted by atomic mass is 10.1. The van der Waals surface area contributed by atoms with Crippen LogP contribution < -0.4 is 14.8 Å². The van der Waals surface area contributed by atoms with Gasteiger partial charge in [0.15, 0.2) is 5.03 Å². The van der Waals surface area contributed by atoms with Crippen LogP contribution in [-0.2, 0) is 16.6 Å². The van der Waals surface area contributed by atoms with Crippen LogP contribution in [0.25, 0.3) is 11.3 Å². The lowest BCUT2D eigenvalue weighted by molar-refractivity contribution is 0.120. The number of nitrogens with one attached hydrogen (secondary N) is 2. The number of piperazine rings is 1. The molecular formula is C18H20ClFN4O4S. The molecule has 0 spiro atoms. The number of pyridine rings is 1. The minimum absolute atomic E-state index is 0.0303. The van der Waals surface area contributed by atoms with Crippen LogP contribution in [0.15, 0.2) is 23.2 Å². The second-order valence-electron chi connectivity index (χ2n) is 6.87. The van der Waals surface area contributed by atoms with Crippen LogP contribution in [0.4, 0.5) is 4.39 Å². The van der Waals surface area contributed by atoms with E-state index < -0.39 is 21.6 Å². The van der Waals surface area contributed by atoms with E-state index in [9.17, 15) is 17.9 Å². The molecule has 1 fully saturated rings. The molecule has 11 heteroatoms. The molecule has 3 heterocycles. The van der Waals surface area contributed by atoms with Gasteiger partial charge in [0, 0.05) is 31.7 Å². The smallest absolute Gasteiger partial charge is 0.258 e. The summed E-state index contributed by atoms with van der Waals surface area (Å²) in [6.45, 7) is 2.72. The highest BCUT2D eigenvalue weighted by Gasteiger charge is 2.35. The van der Waals surface area contributed by atoms with E-state index in [0.29, 0.717) is 18.7 Å². The van der Waals surface area contributed by atoms with Crippen molar-refractivity contribution in [2.24, 2.45) is 0 Å². The average molecular weight is 443 g/mol. The number of sulfonamides is 1. The summed E-state index contributed by atoms with van der Waals surface area (Å²) in [7, 11) is -2.75. The molecule has 1 aromatic carbocycles. The van der Waals surface area contributed by atoms with Crippen LogP contribution in [0.3, 0.4) is 0 Å². The summed E-state index contributed by atoms with van der Waals surface area (Å²) < 4.78 is 48.2. The summed E-state index contributed by atoms with van der Waals surface area (Å²) in [6, 6.07) is 3.78. The molecule has 2 aliphatic heterocycles. The Morgan fingerprint density at radius 1 is 1.45 bits per heavy atom. The fraction of sp³-hybridized carbons (Fsp3) is 0.389. The van der Waals surface area contributed by atoms with Crippen molar-refractivity contribution in [3.8, 4) is 22.8 Å². The third-order valence-corrected chi connectivity index (χ3v) is 6.89. The van der Waals surface area contributed by atoms with Crippen LogP contribution >= 0.6 is 11.6 Å². The zero-order valence-corrected chi connectivity index (χ0v) is 17.1. The average Bonchev–Trinajstić information content (AvgIpc) is 2.89. The van der Waals surface area contributed by atoms with Gasteiger partial charge in [0.1, 0.15) is 34.6 Å². The zero-order valence-electron chi connectivity index (χ0n) is 15.6. The molecule has 0 unspecified atom stereocenters. The molecule has 0 amide bonds. The van der Waals surface area contributed by atoms with E-state index in [1.807, 2.05) is 0 Å². The van der Waals surface area contributed by atoms with Crippen molar-refractivity contribution in [2.75, 3.05) is 33.3 Å². The minimum Gasteiger partial charge on any atom is -0.507 e. The third-order valence-electron chi connectivity index (χ3n) is 5.16. The number of phenolic OH excluding ortho intramolecular Hbond substituents is 1. The number of halogens is 2. The molecule has 2 aromatic rings. The van der Waals surface area contributed by atoms with Crippen molar-refractivity contribution >= 4 is 21.6 Å². The molecule has 0 bridgehead atoms. The van der Waals surface area contributed by atoms with E-state index >= 15 is 0 Å². The molecule has 156 valence electrons. The third kappa shape index (κ3) is 3.55. The number of nitrogens with zero attached hydrogens (tertiary/aromatic N) is 2. The van der Waals surface area contributed by atoms with E-state index in [-0.39, 0.29) is 46.2 Å². The lowest BCUT2D eigenvalue weighted by Crippen LogP contribution is -2.52. The molecule has 3 N–H and O–H groups in total. The first kappa shape index (κ1) is 20.3. The summed E-state index contributed by atoms with van der Waals surface area (Å²) in [4.78, 5) is 6.30. The predicted octanol–water partition coefficient (Wildman–Crippen LogP) is 1.32. The maximum atomic E-state index is 14.5. The van der Waals surface area contributed by atoms with Crippen LogP contribution in [0, 0.1) is 5.82 Å². The van der Waals surface area contributed by atoms with Gasteiger partial charge in [-0.15, -0.1) is 0 Å². The second-order valence-corrected chi connectivity index (χ2v) is 9.05. The Hall–Kier alpha value is -1.98. The largest absolute Gasteiger partial charge is 0.507 e. The molecule has 1 atom stereocenters. The van der Waals surface area contributed by atoms with Gasteiger partial charge in [-0.25, -0.2) is 22.5 Å². The Morgan fingerprint density at radius 2 is 2.24 bits per heavy atom. The number of hydrogen-bond acceptors (Lipinski definition) is 7. The standard InChI is InChI=1S/C18H20ClFN4O4S/c1-21-29(26,27)18-11-8-24-6-5-22-7-10(24)9-28-17(11)15(19)16(23-18)14-12(20)3-2-4-13(14)25/h2-4,10,21-22,25H,5-9H2,1H3/t10-/m1/s1. The van der Waals surface area contributed by atoms with Gasteiger partial charge in [-0.05, 0) is 19.2 Å². The second kappa shape index (κ2) is 7.69. The summed E-state index contributed by atoms with van der Waals surface area (Å²) in [6.07, 6.45) is 0. The topological polar surface area (TPSA) is 104 Å². The number of ether oxygens (including phenoxy) is 1. The SMILES string of the molecule is CNS(=O)(=O)c1nc(-c2c(O)cccc2F)c(Cl)c2c1CN1CCNC[C@@H]1CO2. The van der Waals surface area contributed by atoms with E-state index in [1.54, 1.807) is 0 Å². The fourth-order valence-electron chi connectivity index (χ4n) is 3.64. The first-order valence-electron chi connectivity index (χ1n) is 9.04. The first-order chi connectivity index (χ1) is 13.8. The van der Waals surface area contributed by atoms with Crippen LogP contribution in [0.2, 0.25) is 5.02 Å². The monoisotopic (exact) mass is 442 g/mol. The van der Waals surface area contributed by atoms with Gasteiger partial charge in [-0.1, -0.05) is 17.7 Å². The number of rotatable bonds is 3. The van der Waals surface area contributed by atoms with Crippen molar-refractivity contribution in [2.45, 2.75) is 17.6 Å². The summed E-state index contributed by atoms with van der Waals surface area (Å²) >= 11 is 6.53. The first-order valence-corrected chi connectivity index (χ1v) is 10.9. The van der Waals surface area contributed by atoms with Crippen molar-refractivity contribution in [1.29, 1.82) is 0 Å². The molecule has 4 rings (SSSR count). The number of benzene rings is 1. The number of aromatic nitrogens is 1. The maximum Gasteiger partial charge on any atom is 0.258 e. The zero-order chi connectivity index (χ0) is 20.8. The van der Waals surface area contributed by atoms with E-state index in [4.69, 9.17) is 16.3 Å². The normalized spacial score (nSPS) is 19.8. The molecule has 1 aromatic heterocycles. The number of phenols is 1. The Kier molecular flexibility index (Phi) is 5.38. The van der Waals surface area contributed by atoms with E-state index in [2.05, 4.69) is 19.9 Å². The van der Waals surface area contributed by atoms with Crippen molar-refractivity contribution in [3.63, 3.8) is 0 Å². The van der Waals surface area contributed by atoms with Crippen molar-refractivity contribution in [1.82, 2.24) is 19.9 Å². The number of fused-ring (bicyclic) bond motifs is 2. The highest BCUT2D eigenvalue weighted by Crippen LogP contribution is 2.44. The molecular weight excluding hydrogens is 423 g/mol. The van der Waals surface area contributed by atoms with Gasteiger partial charge in [0.25, 0.3) is 10.0 Å². The predicted molar refractivity (Wildman–Crippen MR) is 105 cm³/mol. The van der Waals surface area contributed by atoms with Crippen LogP contribution in [0.5, 0.6) is 11.5 Å². The summed E-state index contributed by atoms with van der Waals surface area (Å²) in [5.41, 5.74) is -0.152. The molecule has 0 saturated carbocycles. The Morgan fingerprint density at radius 3 is 2.97 bits per heavy atom. The molecule has 1 saturated heterocycles. The Labute approximate surface area is 172 Å². The van der Waals surface area contributed by atoms with E-state index in [0.717, 1.165) is 12.6 Å². The van der Waals surface area contributed by atoms with E-state index in [1.165, 1.54) is 19.2 Å². The van der Waals surface area contributed by atoms with Gasteiger partial charge in [0.05, 0.1) is 11.6 Å². The maximum absolute atomic E-state index is 14.5. The van der Waals surface area contributed by atoms with Gasteiger partial charge >= 0.3 is 0 Å². The van der Waals surface area contributed by atoms with Gasteiger partial charge < -0.3 is 15.2 Å². The lowest BCUT2D eigenvalue weighted by Gasteiger charge is -2.33. The quantitative estimate of drug-likeness (QED) is 0.658. The highest BCUT2D eigenvalue weighted by molar-refractivity contribution is 7.89. The van der Waals surface area contributed by atoms with Crippen molar-refractivity contribution < 1.29 is 22.7 Å². The van der Waals surface area contributed by atoms with Crippen molar-refractivity contribution in [3.05, 3.63) is 34.6 Å². The Balaban J connectivity index is 1.98. The van der Waals surface area contributed by atoms with Crippen LogP contribution in [-0.4, -0.2) is 62.7 Å². The highest BCUT2D eigenvalue weighted by atomic mass is 35.5. The summed E-state index contributed by atoms with van der Waals surface area (Å²) in [5, 5.41) is 13.1. The molecule has 0 radical (unpaired) electrons. The number of aromatic hydroxyl groups is 1.